The fourth-order valence-corrected chi connectivity index (χ4v) is 2.47. The van der Waals surface area contributed by atoms with E-state index in [1.165, 1.54) is 0 Å². The van der Waals surface area contributed by atoms with Crippen molar-refractivity contribution in [2.45, 2.75) is 13.5 Å². The van der Waals surface area contributed by atoms with Gasteiger partial charge in [-0.05, 0) is 48.9 Å². The summed E-state index contributed by atoms with van der Waals surface area (Å²) in [5, 5.41) is 9.86. The zero-order chi connectivity index (χ0) is 19.5. The molecule has 0 bridgehead atoms. The van der Waals surface area contributed by atoms with Gasteiger partial charge in [-0.3, -0.25) is 4.79 Å². The Hall–Kier alpha value is -2.00. The number of aliphatic imine (C=N–C) groups is 1. The average Bonchev–Trinajstić information content (AvgIpc) is 2.69. The summed E-state index contributed by atoms with van der Waals surface area (Å²) < 4.78 is 5.23. The van der Waals surface area contributed by atoms with E-state index in [4.69, 9.17) is 16.3 Å². The molecular weight excluding hydrogens is 491 g/mol. The molecule has 0 atom stereocenters. The van der Waals surface area contributed by atoms with Crippen LogP contribution in [0.3, 0.4) is 0 Å². The molecule has 0 heterocycles. The van der Waals surface area contributed by atoms with E-state index in [1.54, 1.807) is 31.4 Å². The van der Waals surface area contributed by atoms with Crippen LogP contribution in [0.15, 0.2) is 53.5 Å². The first-order valence-electron chi connectivity index (χ1n) is 8.81. The van der Waals surface area contributed by atoms with Crippen molar-refractivity contribution in [1.82, 2.24) is 16.0 Å². The molecule has 0 aliphatic rings. The molecule has 0 fully saturated rings. The summed E-state index contributed by atoms with van der Waals surface area (Å²) in [7, 11) is 1.65. The average molecular weight is 517 g/mol. The third kappa shape index (κ3) is 8.35. The van der Waals surface area contributed by atoms with Gasteiger partial charge in [0.2, 0.25) is 0 Å². The lowest BCUT2D eigenvalue weighted by Gasteiger charge is -2.12. The van der Waals surface area contributed by atoms with Gasteiger partial charge in [0.1, 0.15) is 5.75 Å². The zero-order valence-corrected chi connectivity index (χ0v) is 19.1. The second kappa shape index (κ2) is 13.2. The van der Waals surface area contributed by atoms with E-state index in [1.807, 2.05) is 31.2 Å². The fraction of sp³-hybridized carbons (Fsp3) is 0.300. The summed E-state index contributed by atoms with van der Waals surface area (Å²) in [4.78, 5) is 16.6. The predicted octanol–water partition coefficient (Wildman–Crippen LogP) is 3.45. The van der Waals surface area contributed by atoms with Crippen molar-refractivity contribution in [2.75, 3.05) is 26.7 Å². The van der Waals surface area contributed by atoms with Crippen molar-refractivity contribution < 1.29 is 9.53 Å². The van der Waals surface area contributed by atoms with Crippen molar-refractivity contribution in [1.29, 1.82) is 0 Å². The van der Waals surface area contributed by atoms with E-state index in [0.29, 0.717) is 36.2 Å². The molecule has 0 aliphatic heterocycles. The van der Waals surface area contributed by atoms with Crippen LogP contribution in [0.1, 0.15) is 22.8 Å². The van der Waals surface area contributed by atoms with Crippen LogP contribution in [-0.4, -0.2) is 38.6 Å². The van der Waals surface area contributed by atoms with Gasteiger partial charge in [-0.25, -0.2) is 4.99 Å². The van der Waals surface area contributed by atoms with Gasteiger partial charge in [0, 0.05) is 30.2 Å². The molecule has 8 heteroatoms. The number of amides is 1. The Morgan fingerprint density at radius 2 is 1.79 bits per heavy atom. The summed E-state index contributed by atoms with van der Waals surface area (Å²) in [6.07, 6.45) is 0. The van der Waals surface area contributed by atoms with Crippen molar-refractivity contribution in [3.63, 3.8) is 0 Å². The summed E-state index contributed by atoms with van der Waals surface area (Å²) in [5.41, 5.74) is 1.64. The van der Waals surface area contributed by atoms with Crippen LogP contribution in [0.5, 0.6) is 5.75 Å². The molecule has 6 nitrogen and oxygen atoms in total. The minimum atomic E-state index is -0.133. The van der Waals surface area contributed by atoms with Crippen LogP contribution < -0.4 is 20.7 Å². The number of nitrogens with zero attached hydrogens (tertiary/aromatic N) is 1. The first-order valence-corrected chi connectivity index (χ1v) is 9.19. The minimum absolute atomic E-state index is 0. The number of rotatable bonds is 8. The quantitative estimate of drug-likeness (QED) is 0.217. The van der Waals surface area contributed by atoms with Crippen molar-refractivity contribution in [2.24, 2.45) is 4.99 Å². The highest BCUT2D eigenvalue weighted by molar-refractivity contribution is 14.0. The van der Waals surface area contributed by atoms with E-state index >= 15 is 0 Å². The Labute approximate surface area is 188 Å². The maximum absolute atomic E-state index is 12.1. The Balaban J connectivity index is 0.00000392. The molecule has 0 radical (unpaired) electrons. The third-order valence-corrected chi connectivity index (χ3v) is 3.96. The number of guanidine groups is 1. The second-order valence-corrected chi connectivity index (χ2v) is 6.17. The Bertz CT molecular complexity index is 769. The number of ether oxygens (including phenoxy) is 1. The van der Waals surface area contributed by atoms with Crippen LogP contribution in [-0.2, 0) is 6.54 Å². The van der Waals surface area contributed by atoms with Gasteiger partial charge in [-0.2, -0.15) is 0 Å². The topological polar surface area (TPSA) is 74.8 Å². The van der Waals surface area contributed by atoms with Crippen molar-refractivity contribution >= 4 is 47.4 Å². The number of carbonyl (C=O) groups excluding carboxylic acids is 1. The molecule has 0 saturated carbocycles. The molecule has 1 amide bonds. The lowest BCUT2D eigenvalue weighted by molar-refractivity contribution is 0.0954. The second-order valence-electron chi connectivity index (χ2n) is 5.74. The third-order valence-electron chi connectivity index (χ3n) is 3.71. The van der Waals surface area contributed by atoms with E-state index < -0.39 is 0 Å². The SMILES string of the molecule is CCNC(=NCc1cccc(OC)c1)NCCNC(=O)c1ccc(Cl)cc1.I. The number of nitrogens with one attached hydrogen (secondary N) is 3. The minimum Gasteiger partial charge on any atom is -0.497 e. The van der Waals surface area contributed by atoms with Gasteiger partial charge in [0.05, 0.1) is 13.7 Å². The van der Waals surface area contributed by atoms with Crippen molar-refractivity contribution in [3.05, 3.63) is 64.7 Å². The molecule has 0 spiro atoms. The maximum atomic E-state index is 12.1. The molecule has 0 saturated heterocycles. The molecule has 0 aliphatic carbocycles. The molecule has 0 aromatic heterocycles. The van der Waals surface area contributed by atoms with Gasteiger partial charge in [0.25, 0.3) is 5.91 Å². The molecule has 2 rings (SSSR count). The molecule has 28 heavy (non-hydrogen) atoms. The first-order chi connectivity index (χ1) is 13.1. The number of benzene rings is 2. The Morgan fingerprint density at radius 3 is 2.46 bits per heavy atom. The van der Waals surface area contributed by atoms with Gasteiger partial charge < -0.3 is 20.7 Å². The molecule has 3 N–H and O–H groups in total. The molecular formula is C20H26ClIN4O2. The van der Waals surface area contributed by atoms with E-state index in [0.717, 1.165) is 17.9 Å². The Kier molecular flexibility index (Phi) is 11.4. The number of methoxy groups -OCH3 is 1. The normalized spacial score (nSPS) is 10.6. The van der Waals surface area contributed by atoms with Gasteiger partial charge in [-0.15, -0.1) is 24.0 Å². The zero-order valence-electron chi connectivity index (χ0n) is 16.0. The molecule has 152 valence electrons. The number of halogens is 2. The van der Waals surface area contributed by atoms with Crippen molar-refractivity contribution in [3.8, 4) is 5.75 Å². The maximum Gasteiger partial charge on any atom is 0.251 e. The fourth-order valence-electron chi connectivity index (χ4n) is 2.34. The highest BCUT2D eigenvalue weighted by Crippen LogP contribution is 2.13. The smallest absolute Gasteiger partial charge is 0.251 e. The standard InChI is InChI=1S/C20H25ClN4O2.HI/c1-3-22-20(25-14-15-5-4-6-18(13-15)27-2)24-12-11-23-19(26)16-7-9-17(21)10-8-16;/h4-10,13H,3,11-12,14H2,1-2H3,(H,23,26)(H2,22,24,25);1H. The van der Waals surface area contributed by atoms with Gasteiger partial charge >= 0.3 is 0 Å². The van der Waals surface area contributed by atoms with Crippen LogP contribution in [0.25, 0.3) is 0 Å². The number of hydrogen-bond donors (Lipinski definition) is 3. The van der Waals surface area contributed by atoms with Crippen LogP contribution in [0, 0.1) is 0 Å². The monoisotopic (exact) mass is 516 g/mol. The van der Waals surface area contributed by atoms with Crippen LogP contribution in [0.4, 0.5) is 0 Å². The highest BCUT2D eigenvalue weighted by atomic mass is 127. The predicted molar refractivity (Wildman–Crippen MR) is 125 cm³/mol. The first kappa shape index (κ1) is 24.0. The van der Waals surface area contributed by atoms with Gasteiger partial charge in [-0.1, -0.05) is 23.7 Å². The lowest BCUT2D eigenvalue weighted by atomic mass is 10.2. The highest BCUT2D eigenvalue weighted by Gasteiger charge is 2.04. The van der Waals surface area contributed by atoms with E-state index in [-0.39, 0.29) is 29.9 Å². The summed E-state index contributed by atoms with van der Waals surface area (Å²) >= 11 is 5.83. The molecule has 0 unspecified atom stereocenters. The van der Waals surface area contributed by atoms with E-state index in [9.17, 15) is 4.79 Å². The largest absolute Gasteiger partial charge is 0.497 e. The Morgan fingerprint density at radius 1 is 1.07 bits per heavy atom. The lowest BCUT2D eigenvalue weighted by Crippen LogP contribution is -2.41. The molecule has 2 aromatic carbocycles. The number of hydrogen-bond acceptors (Lipinski definition) is 3. The summed E-state index contributed by atoms with van der Waals surface area (Å²) in [5.74, 6) is 1.37. The number of carbonyl (C=O) groups is 1. The van der Waals surface area contributed by atoms with Crippen LogP contribution in [0.2, 0.25) is 5.02 Å². The van der Waals surface area contributed by atoms with E-state index in [2.05, 4.69) is 20.9 Å². The van der Waals surface area contributed by atoms with Gasteiger partial charge in [0.15, 0.2) is 5.96 Å². The molecule has 2 aromatic rings. The summed E-state index contributed by atoms with van der Waals surface area (Å²) in [6, 6.07) is 14.6. The van der Waals surface area contributed by atoms with Crippen LogP contribution >= 0.6 is 35.6 Å². The summed E-state index contributed by atoms with van der Waals surface area (Å²) in [6.45, 7) is 4.32.